The van der Waals surface area contributed by atoms with Crippen LogP contribution < -0.4 is 0 Å². The van der Waals surface area contributed by atoms with Crippen LogP contribution in [-0.4, -0.2) is 102 Å². The predicted molar refractivity (Wildman–Crippen MR) is 148 cm³/mol. The van der Waals surface area contributed by atoms with Gasteiger partial charge in [-0.2, -0.15) is 8.61 Å². The fourth-order valence-electron chi connectivity index (χ4n) is 4.30. The van der Waals surface area contributed by atoms with Crippen molar-refractivity contribution >= 4 is 78.5 Å². The number of hydrogen-bond donors (Lipinski definition) is 0. The SMILES string of the molecule is CN1CCN(S(=O)(=O)c2c(C(=O)c3c(Cl)ccc(S(=O)(=O)N4CCOCC4)c3Cl)cc(Cl)c(C=O)c2Cl)CC1. The molecule has 2 aliphatic heterocycles. The van der Waals surface area contributed by atoms with Crippen LogP contribution in [0.25, 0.3) is 0 Å². The molecule has 2 heterocycles. The minimum atomic E-state index is -4.42. The van der Waals surface area contributed by atoms with E-state index < -0.39 is 51.9 Å². The van der Waals surface area contributed by atoms with Gasteiger partial charge in [-0.05, 0) is 25.2 Å². The van der Waals surface area contributed by atoms with Crippen LogP contribution in [0.5, 0.6) is 0 Å². The zero-order valence-corrected chi connectivity index (χ0v) is 25.2. The predicted octanol–water partition coefficient (Wildman–Crippen LogP) is 3.30. The Morgan fingerprint density at radius 1 is 0.846 bits per heavy atom. The highest BCUT2D eigenvalue weighted by atomic mass is 35.5. The fourth-order valence-corrected chi connectivity index (χ4v) is 9.12. The van der Waals surface area contributed by atoms with E-state index in [-0.39, 0.29) is 66.2 Å². The highest BCUT2D eigenvalue weighted by Crippen LogP contribution is 2.40. The lowest BCUT2D eigenvalue weighted by molar-refractivity contribution is 0.0730. The Kier molecular flexibility index (Phi) is 9.34. The van der Waals surface area contributed by atoms with E-state index in [1.165, 1.54) is 12.1 Å². The molecule has 2 aromatic carbocycles. The molecule has 39 heavy (non-hydrogen) atoms. The molecule has 2 fully saturated rings. The molecule has 4 rings (SSSR count). The lowest BCUT2D eigenvalue weighted by atomic mass is 10.0. The van der Waals surface area contributed by atoms with E-state index in [2.05, 4.69) is 0 Å². The molecule has 2 saturated heterocycles. The third kappa shape index (κ3) is 5.74. The number of rotatable bonds is 7. The molecule has 0 spiro atoms. The van der Waals surface area contributed by atoms with Crippen molar-refractivity contribution in [3.05, 3.63) is 55.0 Å². The molecule has 0 radical (unpaired) electrons. The minimum Gasteiger partial charge on any atom is -0.379 e. The highest BCUT2D eigenvalue weighted by molar-refractivity contribution is 7.89. The molecular weight excluding hydrogens is 636 g/mol. The van der Waals surface area contributed by atoms with E-state index in [9.17, 15) is 26.4 Å². The van der Waals surface area contributed by atoms with Crippen molar-refractivity contribution < 1.29 is 31.2 Å². The molecule has 0 atom stereocenters. The molecule has 10 nitrogen and oxygen atoms in total. The molecule has 0 amide bonds. The zero-order chi connectivity index (χ0) is 28.7. The van der Waals surface area contributed by atoms with E-state index in [0.717, 1.165) is 14.7 Å². The number of ether oxygens (including phenoxy) is 1. The summed E-state index contributed by atoms with van der Waals surface area (Å²) >= 11 is 25.5. The number of morpholine rings is 1. The van der Waals surface area contributed by atoms with Crippen LogP contribution in [0.2, 0.25) is 20.1 Å². The van der Waals surface area contributed by atoms with Crippen molar-refractivity contribution in [1.82, 2.24) is 13.5 Å². The van der Waals surface area contributed by atoms with Crippen LogP contribution in [0.1, 0.15) is 26.3 Å². The van der Waals surface area contributed by atoms with Gasteiger partial charge in [-0.1, -0.05) is 46.4 Å². The van der Waals surface area contributed by atoms with Gasteiger partial charge in [0.25, 0.3) is 0 Å². The molecule has 0 aromatic heterocycles. The van der Waals surface area contributed by atoms with E-state index in [1.807, 2.05) is 11.9 Å². The molecule has 2 aromatic rings. The Balaban J connectivity index is 1.90. The molecule has 212 valence electrons. The number of nitrogens with zero attached hydrogens (tertiary/aromatic N) is 3. The van der Waals surface area contributed by atoms with Crippen LogP contribution in [-0.2, 0) is 24.8 Å². The van der Waals surface area contributed by atoms with Crippen molar-refractivity contribution in [2.45, 2.75) is 9.79 Å². The summed E-state index contributed by atoms with van der Waals surface area (Å²) in [4.78, 5) is 26.6. The first-order valence-electron chi connectivity index (χ1n) is 11.6. The molecule has 16 heteroatoms. The molecule has 0 unspecified atom stereocenters. The molecule has 0 aliphatic carbocycles. The van der Waals surface area contributed by atoms with Crippen molar-refractivity contribution in [2.24, 2.45) is 0 Å². The van der Waals surface area contributed by atoms with Gasteiger partial charge in [-0.15, -0.1) is 0 Å². The van der Waals surface area contributed by atoms with E-state index in [4.69, 9.17) is 51.1 Å². The van der Waals surface area contributed by atoms with Gasteiger partial charge in [0, 0.05) is 44.8 Å². The number of likely N-dealkylation sites (N-methyl/N-ethyl adjacent to an activating group) is 1. The number of piperazine rings is 1. The summed E-state index contributed by atoms with van der Waals surface area (Å²) < 4.78 is 61.7. The second kappa shape index (κ2) is 11.9. The van der Waals surface area contributed by atoms with Gasteiger partial charge >= 0.3 is 0 Å². The van der Waals surface area contributed by atoms with Crippen molar-refractivity contribution in [1.29, 1.82) is 0 Å². The first-order valence-corrected chi connectivity index (χ1v) is 16.0. The highest BCUT2D eigenvalue weighted by Gasteiger charge is 2.37. The Bertz CT molecular complexity index is 1540. The summed E-state index contributed by atoms with van der Waals surface area (Å²) in [6.45, 7) is 1.59. The maximum Gasteiger partial charge on any atom is 0.245 e. The van der Waals surface area contributed by atoms with E-state index in [0.29, 0.717) is 13.1 Å². The molecule has 0 bridgehead atoms. The first kappa shape index (κ1) is 30.6. The third-order valence-electron chi connectivity index (χ3n) is 6.50. The van der Waals surface area contributed by atoms with E-state index >= 15 is 0 Å². The zero-order valence-electron chi connectivity index (χ0n) is 20.5. The molecule has 0 N–H and O–H groups in total. The van der Waals surface area contributed by atoms with Gasteiger partial charge in [0.2, 0.25) is 20.0 Å². The summed E-state index contributed by atoms with van der Waals surface area (Å²) in [5.41, 5.74) is -1.27. The molecule has 0 saturated carbocycles. The Hall–Kier alpha value is -1.32. The number of benzene rings is 2. The van der Waals surface area contributed by atoms with Gasteiger partial charge in [0.05, 0.1) is 44.4 Å². The number of carbonyl (C=O) groups is 2. The Morgan fingerprint density at radius 2 is 1.44 bits per heavy atom. The summed E-state index contributed by atoms with van der Waals surface area (Å²) in [5.74, 6) is -1.03. The van der Waals surface area contributed by atoms with Crippen LogP contribution >= 0.6 is 46.4 Å². The smallest absolute Gasteiger partial charge is 0.245 e. The Labute approximate surface area is 246 Å². The number of carbonyl (C=O) groups excluding carboxylic acids is 2. The van der Waals surface area contributed by atoms with Crippen LogP contribution in [0.4, 0.5) is 0 Å². The minimum absolute atomic E-state index is 0.0797. The first-order chi connectivity index (χ1) is 18.3. The number of hydrogen-bond acceptors (Lipinski definition) is 8. The molecule has 2 aliphatic rings. The third-order valence-corrected chi connectivity index (χ3v) is 12.1. The van der Waals surface area contributed by atoms with Crippen molar-refractivity contribution in [2.75, 3.05) is 59.5 Å². The topological polar surface area (TPSA) is 121 Å². The second-order valence-corrected chi connectivity index (χ2v) is 14.2. The van der Waals surface area contributed by atoms with Gasteiger partial charge in [0.1, 0.15) is 9.79 Å². The van der Waals surface area contributed by atoms with Gasteiger partial charge < -0.3 is 9.64 Å². The summed E-state index contributed by atoms with van der Waals surface area (Å²) in [6.07, 6.45) is 0.289. The average Bonchev–Trinajstić information content (AvgIpc) is 2.89. The van der Waals surface area contributed by atoms with Gasteiger partial charge in [0.15, 0.2) is 12.1 Å². The lowest BCUT2D eigenvalue weighted by Crippen LogP contribution is -2.47. The standard InChI is InChI=1S/C23H23Cl4N3O7S2/c1-28-4-6-29(7-5-28)39(35,36)23-14(12-17(25)15(13-31)20(23)26)22(32)19-16(24)2-3-18(21(19)27)38(33,34)30-8-10-37-11-9-30/h2-3,12-13H,4-11H2,1H3. The lowest BCUT2D eigenvalue weighted by Gasteiger charge is -2.32. The number of sulfonamides is 2. The summed E-state index contributed by atoms with van der Waals surface area (Å²) in [5, 5.41) is -1.53. The second-order valence-electron chi connectivity index (χ2n) is 8.87. The maximum absolute atomic E-state index is 14.0. The quantitative estimate of drug-likeness (QED) is 0.328. The number of halogens is 4. The molecular formula is C23H23Cl4N3O7S2. The van der Waals surface area contributed by atoms with Crippen molar-refractivity contribution in [3.63, 3.8) is 0 Å². The Morgan fingerprint density at radius 3 is 2.03 bits per heavy atom. The van der Waals surface area contributed by atoms with Gasteiger partial charge in [-0.25, -0.2) is 16.8 Å². The monoisotopic (exact) mass is 657 g/mol. The largest absolute Gasteiger partial charge is 0.379 e. The fraction of sp³-hybridized carbons (Fsp3) is 0.391. The van der Waals surface area contributed by atoms with Crippen LogP contribution in [0.3, 0.4) is 0 Å². The number of aldehydes is 1. The summed E-state index contributed by atoms with van der Waals surface area (Å²) in [6, 6.07) is 3.35. The van der Waals surface area contributed by atoms with E-state index in [1.54, 1.807) is 0 Å². The number of ketones is 1. The maximum atomic E-state index is 14.0. The van der Waals surface area contributed by atoms with Crippen molar-refractivity contribution in [3.8, 4) is 0 Å². The van der Waals surface area contributed by atoms with Crippen LogP contribution in [0.15, 0.2) is 28.0 Å². The van der Waals surface area contributed by atoms with Crippen LogP contribution in [0, 0.1) is 0 Å². The normalized spacial score (nSPS) is 18.3. The summed E-state index contributed by atoms with van der Waals surface area (Å²) in [7, 11) is -6.74. The van der Waals surface area contributed by atoms with Gasteiger partial charge in [-0.3, -0.25) is 9.59 Å². The average molecular weight is 659 g/mol.